The first-order chi connectivity index (χ1) is 10.3. The number of carbonyl (C=O) groups excluding carboxylic acids is 2. The molecule has 7 nitrogen and oxygen atoms in total. The molecule has 0 radical (unpaired) electrons. The smallest absolute Gasteiger partial charge is 0.393 e. The lowest BCUT2D eigenvalue weighted by atomic mass is 10.1. The average molecular weight is 310 g/mol. The number of aliphatic imine (C=N–C) groups is 1. The predicted octanol–water partition coefficient (Wildman–Crippen LogP) is 1.06. The van der Waals surface area contributed by atoms with Gasteiger partial charge in [-0.25, -0.2) is 4.79 Å². The Bertz CT molecular complexity index is 515. The van der Waals surface area contributed by atoms with Crippen LogP contribution in [0.15, 0.2) is 17.3 Å². The van der Waals surface area contributed by atoms with E-state index in [-0.39, 0.29) is 40.9 Å². The Balaban J connectivity index is 1.87. The Kier molecular flexibility index (Phi) is 5.10. The summed E-state index contributed by atoms with van der Waals surface area (Å²) < 4.78 is 5.90. The molecule has 4 unspecified atom stereocenters. The van der Waals surface area contributed by atoms with Crippen molar-refractivity contribution in [2.24, 2.45) is 10.7 Å². The highest BCUT2D eigenvalue weighted by Crippen LogP contribution is 2.31. The van der Waals surface area contributed by atoms with Crippen molar-refractivity contribution in [3.63, 3.8) is 0 Å². The van der Waals surface area contributed by atoms with Crippen molar-refractivity contribution >= 4 is 17.6 Å². The van der Waals surface area contributed by atoms with Gasteiger partial charge in [-0.1, -0.05) is 0 Å². The van der Waals surface area contributed by atoms with Crippen LogP contribution in [-0.4, -0.2) is 52.7 Å². The molecular formula is C15H24N3O4+. The van der Waals surface area contributed by atoms with Crippen molar-refractivity contribution in [2.45, 2.75) is 57.5 Å². The van der Waals surface area contributed by atoms with Crippen molar-refractivity contribution in [3.8, 4) is 0 Å². The molecule has 2 aliphatic rings. The number of amidine groups is 1. The molecule has 1 fully saturated rings. The number of aliphatic hydroxyl groups is 1. The predicted molar refractivity (Wildman–Crippen MR) is 80.8 cm³/mol. The zero-order valence-electron chi connectivity index (χ0n) is 13.1. The van der Waals surface area contributed by atoms with Gasteiger partial charge < -0.3 is 15.6 Å². The van der Waals surface area contributed by atoms with E-state index >= 15 is 0 Å². The number of urea groups is 1. The lowest BCUT2D eigenvalue weighted by Gasteiger charge is -2.32. The lowest BCUT2D eigenvalue weighted by Crippen LogP contribution is -2.53. The van der Waals surface area contributed by atoms with E-state index in [9.17, 15) is 14.7 Å². The third-order valence-corrected chi connectivity index (χ3v) is 4.14. The van der Waals surface area contributed by atoms with Crippen molar-refractivity contribution in [1.82, 2.24) is 0 Å². The number of rotatable bonds is 6. The summed E-state index contributed by atoms with van der Waals surface area (Å²) >= 11 is 0. The van der Waals surface area contributed by atoms with Gasteiger partial charge in [-0.3, -0.25) is 4.79 Å². The van der Waals surface area contributed by atoms with Crippen LogP contribution in [0.5, 0.6) is 0 Å². The second kappa shape index (κ2) is 6.68. The summed E-state index contributed by atoms with van der Waals surface area (Å²) in [5.74, 6) is 0.243. The van der Waals surface area contributed by atoms with E-state index < -0.39 is 6.10 Å². The molecule has 4 atom stereocenters. The maximum absolute atomic E-state index is 12.1. The molecule has 2 aliphatic heterocycles. The first-order valence-corrected chi connectivity index (χ1v) is 7.60. The number of ketones is 1. The van der Waals surface area contributed by atoms with Gasteiger partial charge in [0.05, 0.1) is 19.3 Å². The van der Waals surface area contributed by atoms with E-state index in [1.54, 1.807) is 26.2 Å². The first kappa shape index (κ1) is 16.8. The van der Waals surface area contributed by atoms with Crippen LogP contribution in [0.4, 0.5) is 4.79 Å². The fraction of sp³-hybridized carbons (Fsp3) is 0.667. The molecule has 1 saturated heterocycles. The zero-order valence-corrected chi connectivity index (χ0v) is 13.1. The number of ether oxygens (including phenoxy) is 1. The van der Waals surface area contributed by atoms with Gasteiger partial charge in [0.1, 0.15) is 17.8 Å². The molecule has 0 bridgehead atoms. The fourth-order valence-corrected chi connectivity index (χ4v) is 2.82. The Labute approximate surface area is 130 Å². The van der Waals surface area contributed by atoms with Crippen LogP contribution in [0.3, 0.4) is 0 Å². The average Bonchev–Trinajstić information content (AvgIpc) is 2.90. The molecule has 2 amide bonds. The monoisotopic (exact) mass is 310 g/mol. The van der Waals surface area contributed by atoms with Crippen LogP contribution in [0.1, 0.15) is 39.0 Å². The Hall–Kier alpha value is -1.57. The third kappa shape index (κ3) is 3.79. The van der Waals surface area contributed by atoms with Crippen LogP contribution in [-0.2, 0) is 9.53 Å². The molecule has 0 saturated carbocycles. The highest BCUT2D eigenvalue weighted by atomic mass is 16.5. The number of hydrogen-bond donors (Lipinski definition) is 2. The summed E-state index contributed by atoms with van der Waals surface area (Å²) in [6.45, 7) is 1.60. The van der Waals surface area contributed by atoms with E-state index in [1.165, 1.54) is 0 Å². The summed E-state index contributed by atoms with van der Waals surface area (Å²) in [5.41, 5.74) is 5.53. The molecule has 22 heavy (non-hydrogen) atoms. The number of nitrogens with zero attached hydrogens (tertiary/aromatic N) is 2. The van der Waals surface area contributed by atoms with Gasteiger partial charge in [-0.05, 0) is 19.8 Å². The van der Waals surface area contributed by atoms with Crippen LogP contribution in [0.25, 0.3) is 0 Å². The topological polar surface area (TPSA) is 102 Å². The standard InChI is InChI=1S/C15H23N3O4/c1-10(19)9-11(20)3-4-12-5-6-14(22-12)18(2)8-7-13(16)17-15(18)21/h7-8,10,12,14,19H,3-6,9H2,1-2H3,(H-,16,17,21)/p+1. The molecule has 2 rings (SSSR count). The minimum atomic E-state index is -0.603. The summed E-state index contributed by atoms with van der Waals surface area (Å²) in [5, 5.41) is 9.19. The van der Waals surface area contributed by atoms with Crippen LogP contribution >= 0.6 is 0 Å². The molecule has 2 heterocycles. The van der Waals surface area contributed by atoms with Gasteiger partial charge in [-0.15, -0.1) is 4.99 Å². The number of quaternary nitrogens is 1. The van der Waals surface area contributed by atoms with E-state index in [0.29, 0.717) is 12.8 Å². The van der Waals surface area contributed by atoms with Crippen molar-refractivity contribution < 1.29 is 23.9 Å². The van der Waals surface area contributed by atoms with E-state index in [0.717, 1.165) is 12.8 Å². The highest BCUT2D eigenvalue weighted by Gasteiger charge is 2.45. The minimum absolute atomic E-state index is 0.0359. The molecule has 0 aromatic heterocycles. The molecule has 0 spiro atoms. The maximum Gasteiger partial charge on any atom is 0.451 e. The van der Waals surface area contributed by atoms with Crippen molar-refractivity contribution in [3.05, 3.63) is 12.3 Å². The normalized spacial score (nSPS) is 32.9. The molecule has 0 aliphatic carbocycles. The van der Waals surface area contributed by atoms with Crippen molar-refractivity contribution in [1.29, 1.82) is 0 Å². The third-order valence-electron chi connectivity index (χ3n) is 4.14. The number of carbonyl (C=O) groups is 2. The van der Waals surface area contributed by atoms with Gasteiger partial charge in [0, 0.05) is 25.3 Å². The fourth-order valence-electron chi connectivity index (χ4n) is 2.82. The van der Waals surface area contributed by atoms with Crippen molar-refractivity contribution in [2.75, 3.05) is 7.05 Å². The molecule has 3 N–H and O–H groups in total. The van der Waals surface area contributed by atoms with Gasteiger partial charge in [-0.2, -0.15) is 4.48 Å². The van der Waals surface area contributed by atoms with E-state index in [4.69, 9.17) is 10.5 Å². The number of Topliss-reactive ketones (excluding diaryl/α,β-unsaturated/α-hetero) is 1. The number of hydrogen-bond acceptors (Lipinski definition) is 5. The van der Waals surface area contributed by atoms with Gasteiger partial charge in [0.2, 0.25) is 6.23 Å². The Morgan fingerprint density at radius 3 is 2.95 bits per heavy atom. The van der Waals surface area contributed by atoms with Crippen LogP contribution in [0.2, 0.25) is 0 Å². The number of amides is 2. The van der Waals surface area contributed by atoms with Crippen LogP contribution < -0.4 is 5.73 Å². The molecule has 7 heteroatoms. The van der Waals surface area contributed by atoms with E-state index in [2.05, 4.69) is 4.99 Å². The van der Waals surface area contributed by atoms with Gasteiger partial charge in [0.15, 0.2) is 0 Å². The summed E-state index contributed by atoms with van der Waals surface area (Å²) in [4.78, 5) is 27.5. The molecular weight excluding hydrogens is 286 g/mol. The van der Waals surface area contributed by atoms with Gasteiger partial charge >= 0.3 is 6.03 Å². The summed E-state index contributed by atoms with van der Waals surface area (Å²) in [6, 6.07) is -0.337. The maximum atomic E-state index is 12.1. The number of nitrogens with two attached hydrogens (primary N) is 1. The minimum Gasteiger partial charge on any atom is -0.393 e. The second-order valence-corrected chi connectivity index (χ2v) is 6.20. The zero-order chi connectivity index (χ0) is 16.3. The lowest BCUT2D eigenvalue weighted by molar-refractivity contribution is -0.830. The highest BCUT2D eigenvalue weighted by molar-refractivity contribution is 5.99. The van der Waals surface area contributed by atoms with Crippen LogP contribution in [0, 0.1) is 0 Å². The molecule has 122 valence electrons. The molecule has 0 aromatic rings. The largest absolute Gasteiger partial charge is 0.451 e. The second-order valence-electron chi connectivity index (χ2n) is 6.20. The summed E-state index contributed by atoms with van der Waals surface area (Å²) in [7, 11) is 1.75. The SMILES string of the molecule is CC(O)CC(=O)CCC1CCC([N+]2(C)C=CC(N)=NC2=O)O1. The Morgan fingerprint density at radius 1 is 1.59 bits per heavy atom. The quantitative estimate of drug-likeness (QED) is 0.714. The first-order valence-electron chi connectivity index (χ1n) is 7.60. The van der Waals surface area contributed by atoms with Gasteiger partial charge in [0.25, 0.3) is 0 Å². The van der Waals surface area contributed by atoms with E-state index in [1.807, 2.05) is 0 Å². The summed E-state index contributed by atoms with van der Waals surface area (Å²) in [6.07, 6.45) is 5.11. The Morgan fingerprint density at radius 2 is 2.32 bits per heavy atom. The molecule has 0 aromatic carbocycles. The number of aliphatic hydroxyl groups excluding tert-OH is 1.